The zero-order chi connectivity index (χ0) is 13.0. The lowest BCUT2D eigenvalue weighted by atomic mass is 9.99. The fourth-order valence-corrected chi connectivity index (χ4v) is 1.82. The van der Waals surface area contributed by atoms with E-state index in [4.69, 9.17) is 0 Å². The summed E-state index contributed by atoms with van der Waals surface area (Å²) in [7, 11) is 0. The summed E-state index contributed by atoms with van der Waals surface area (Å²) in [6.45, 7) is 6.02. The first-order valence-corrected chi connectivity index (χ1v) is 5.91. The average molecular weight is 276 g/mol. The lowest BCUT2D eigenvalue weighted by Crippen LogP contribution is -2.38. The molecule has 4 nitrogen and oxygen atoms in total. The highest BCUT2D eigenvalue weighted by atomic mass is 35.5. The molecule has 0 saturated carbocycles. The number of nitrogens with one attached hydrogen (secondary N) is 1. The summed E-state index contributed by atoms with van der Waals surface area (Å²) in [5.74, 6) is -0.383. The fraction of sp³-hybridized carbons (Fsp3) is 0.538. The number of phenolic OH excluding ortho intramolecular Hbond substituents is 2. The number of phenols is 2. The van der Waals surface area contributed by atoms with Crippen molar-refractivity contribution in [3.8, 4) is 11.5 Å². The zero-order valence-corrected chi connectivity index (χ0v) is 11.7. The molecule has 2 atom stereocenters. The summed E-state index contributed by atoms with van der Waals surface area (Å²) < 4.78 is 0. The van der Waals surface area contributed by atoms with Crippen LogP contribution in [0.5, 0.6) is 11.5 Å². The van der Waals surface area contributed by atoms with Gasteiger partial charge >= 0.3 is 0 Å². The van der Waals surface area contributed by atoms with Crippen LogP contribution in [0.4, 0.5) is 0 Å². The van der Waals surface area contributed by atoms with Crippen LogP contribution in [0.2, 0.25) is 0 Å². The lowest BCUT2D eigenvalue weighted by molar-refractivity contribution is 0.121. The number of aliphatic hydroxyl groups is 1. The van der Waals surface area contributed by atoms with E-state index >= 15 is 0 Å². The Morgan fingerprint density at radius 1 is 1.17 bits per heavy atom. The van der Waals surface area contributed by atoms with Gasteiger partial charge in [-0.25, -0.2) is 0 Å². The van der Waals surface area contributed by atoms with Crippen molar-refractivity contribution in [1.82, 2.24) is 5.32 Å². The molecule has 0 saturated heterocycles. The van der Waals surface area contributed by atoms with Gasteiger partial charge in [-0.3, -0.25) is 0 Å². The third kappa shape index (κ3) is 4.37. The molecule has 104 valence electrons. The maximum atomic E-state index is 10.2. The Bertz CT molecular complexity index is 371. The van der Waals surface area contributed by atoms with Gasteiger partial charge in [0, 0.05) is 12.1 Å². The molecule has 1 aromatic rings. The minimum absolute atomic E-state index is 0. The Balaban J connectivity index is 0.00000289. The number of halogens is 1. The second-order valence-corrected chi connectivity index (χ2v) is 4.53. The molecule has 1 rings (SSSR count). The van der Waals surface area contributed by atoms with Crippen molar-refractivity contribution in [2.45, 2.75) is 45.4 Å². The van der Waals surface area contributed by atoms with E-state index in [1.54, 1.807) is 6.07 Å². The van der Waals surface area contributed by atoms with Gasteiger partial charge < -0.3 is 20.6 Å². The molecule has 18 heavy (non-hydrogen) atoms. The van der Waals surface area contributed by atoms with Crippen LogP contribution >= 0.6 is 12.4 Å². The predicted octanol–water partition coefficient (Wildman–Crippen LogP) is 2.33. The van der Waals surface area contributed by atoms with E-state index in [0.717, 1.165) is 6.42 Å². The molecule has 0 bridgehead atoms. The van der Waals surface area contributed by atoms with Crippen LogP contribution in [0.1, 0.15) is 38.9 Å². The van der Waals surface area contributed by atoms with Crippen molar-refractivity contribution in [2.75, 3.05) is 0 Å². The number of rotatable bonds is 5. The first-order valence-electron chi connectivity index (χ1n) is 5.91. The molecule has 5 heteroatoms. The number of hydrogen-bond donors (Lipinski definition) is 4. The van der Waals surface area contributed by atoms with Crippen molar-refractivity contribution < 1.29 is 15.3 Å². The molecule has 1 aromatic carbocycles. The van der Waals surface area contributed by atoms with Gasteiger partial charge in [-0.05, 0) is 24.1 Å². The van der Waals surface area contributed by atoms with Crippen molar-refractivity contribution in [1.29, 1.82) is 0 Å². The van der Waals surface area contributed by atoms with E-state index in [-0.39, 0.29) is 36.0 Å². The molecule has 0 aliphatic rings. The van der Waals surface area contributed by atoms with E-state index in [9.17, 15) is 15.3 Å². The van der Waals surface area contributed by atoms with Crippen molar-refractivity contribution in [3.63, 3.8) is 0 Å². The molecule has 0 amide bonds. The standard InChI is InChI=1S/C13H21NO3.ClH/c1-4-10(14-8(2)3)13(17)9-5-6-11(15)12(16)7-9;/h5-8,10,13-17H,4H2,1-3H3;1H. The summed E-state index contributed by atoms with van der Waals surface area (Å²) in [5, 5.41) is 32.1. The third-order valence-electron chi connectivity index (χ3n) is 2.71. The molecular weight excluding hydrogens is 254 g/mol. The number of hydrogen-bond acceptors (Lipinski definition) is 4. The summed E-state index contributed by atoms with van der Waals surface area (Å²) >= 11 is 0. The highest BCUT2D eigenvalue weighted by Crippen LogP contribution is 2.29. The smallest absolute Gasteiger partial charge is 0.157 e. The first-order chi connectivity index (χ1) is 7.95. The molecular formula is C13H22ClNO3. The van der Waals surface area contributed by atoms with E-state index in [1.165, 1.54) is 12.1 Å². The Labute approximate surface area is 114 Å². The molecule has 0 spiro atoms. The molecule has 0 aliphatic heterocycles. The van der Waals surface area contributed by atoms with E-state index in [0.29, 0.717) is 5.56 Å². The normalized spacial score (nSPS) is 14.1. The molecule has 0 aromatic heterocycles. The first kappa shape index (κ1) is 17.0. The summed E-state index contributed by atoms with van der Waals surface area (Å²) in [6, 6.07) is 4.60. The zero-order valence-electron chi connectivity index (χ0n) is 10.9. The highest BCUT2D eigenvalue weighted by Gasteiger charge is 2.20. The molecule has 4 N–H and O–H groups in total. The van der Waals surface area contributed by atoms with Gasteiger partial charge in [-0.15, -0.1) is 12.4 Å². The molecule has 0 fully saturated rings. The number of aliphatic hydroxyl groups excluding tert-OH is 1. The second kappa shape index (κ2) is 7.46. The van der Waals surface area contributed by atoms with Crippen LogP contribution in [0, 0.1) is 0 Å². The van der Waals surface area contributed by atoms with Crippen molar-refractivity contribution in [2.24, 2.45) is 0 Å². The second-order valence-electron chi connectivity index (χ2n) is 4.53. The fourth-order valence-electron chi connectivity index (χ4n) is 1.82. The maximum absolute atomic E-state index is 10.2. The Morgan fingerprint density at radius 2 is 1.78 bits per heavy atom. The van der Waals surface area contributed by atoms with Gasteiger partial charge in [0.05, 0.1) is 6.10 Å². The van der Waals surface area contributed by atoms with E-state index in [1.807, 2.05) is 20.8 Å². The van der Waals surface area contributed by atoms with Crippen LogP contribution in [-0.2, 0) is 0 Å². The van der Waals surface area contributed by atoms with Crippen LogP contribution in [-0.4, -0.2) is 27.4 Å². The molecule has 0 radical (unpaired) electrons. The minimum Gasteiger partial charge on any atom is -0.504 e. The third-order valence-corrected chi connectivity index (χ3v) is 2.71. The summed E-state index contributed by atoms with van der Waals surface area (Å²) in [5.41, 5.74) is 0.598. The van der Waals surface area contributed by atoms with Crippen LogP contribution in [0.15, 0.2) is 18.2 Å². The van der Waals surface area contributed by atoms with Gasteiger partial charge in [0.25, 0.3) is 0 Å². The van der Waals surface area contributed by atoms with Gasteiger partial charge in [0.1, 0.15) is 0 Å². The Hall–Kier alpha value is -0.970. The lowest BCUT2D eigenvalue weighted by Gasteiger charge is -2.25. The number of aromatic hydroxyl groups is 2. The maximum Gasteiger partial charge on any atom is 0.157 e. The quantitative estimate of drug-likeness (QED) is 0.623. The topological polar surface area (TPSA) is 72.7 Å². The largest absolute Gasteiger partial charge is 0.504 e. The SMILES string of the molecule is CCC(NC(C)C)C(O)c1ccc(O)c(O)c1.Cl. The van der Waals surface area contributed by atoms with Crippen LogP contribution in [0.25, 0.3) is 0 Å². The average Bonchev–Trinajstić information content (AvgIpc) is 2.28. The summed E-state index contributed by atoms with van der Waals surface area (Å²) in [4.78, 5) is 0. The highest BCUT2D eigenvalue weighted by molar-refractivity contribution is 5.85. The van der Waals surface area contributed by atoms with Gasteiger partial charge in [0.2, 0.25) is 0 Å². The van der Waals surface area contributed by atoms with Crippen LogP contribution in [0.3, 0.4) is 0 Å². The Morgan fingerprint density at radius 3 is 2.22 bits per heavy atom. The van der Waals surface area contributed by atoms with Gasteiger partial charge in [-0.2, -0.15) is 0 Å². The van der Waals surface area contributed by atoms with E-state index in [2.05, 4.69) is 5.32 Å². The molecule has 0 heterocycles. The van der Waals surface area contributed by atoms with Crippen molar-refractivity contribution >= 4 is 12.4 Å². The van der Waals surface area contributed by atoms with Gasteiger partial charge in [0.15, 0.2) is 11.5 Å². The number of benzene rings is 1. The minimum atomic E-state index is -0.700. The van der Waals surface area contributed by atoms with Crippen LogP contribution < -0.4 is 5.32 Å². The van der Waals surface area contributed by atoms with E-state index < -0.39 is 6.10 Å². The monoisotopic (exact) mass is 275 g/mol. The Kier molecular flexibility index (Phi) is 7.06. The summed E-state index contributed by atoms with van der Waals surface area (Å²) in [6.07, 6.45) is 0.0787. The van der Waals surface area contributed by atoms with Gasteiger partial charge in [-0.1, -0.05) is 26.8 Å². The predicted molar refractivity (Wildman–Crippen MR) is 74.3 cm³/mol. The van der Waals surface area contributed by atoms with Crippen molar-refractivity contribution in [3.05, 3.63) is 23.8 Å². The molecule has 2 unspecified atom stereocenters. The molecule has 0 aliphatic carbocycles.